The van der Waals surface area contributed by atoms with Crippen molar-refractivity contribution in [2.45, 2.75) is 39.0 Å². The number of ether oxygens (including phenoxy) is 2. The van der Waals surface area contributed by atoms with E-state index < -0.39 is 0 Å². The fraction of sp³-hybridized carbons (Fsp3) is 0.467. The number of aromatic nitrogens is 3. The third-order valence-electron chi connectivity index (χ3n) is 3.79. The number of hydrogen-bond acceptors (Lipinski definition) is 5. The Morgan fingerprint density at radius 3 is 3.00 bits per heavy atom. The Labute approximate surface area is 123 Å². The van der Waals surface area contributed by atoms with Gasteiger partial charge in [-0.3, -0.25) is 0 Å². The van der Waals surface area contributed by atoms with Crippen molar-refractivity contribution in [2.24, 2.45) is 5.73 Å². The Bertz CT molecular complexity index is 624. The molecule has 0 fully saturated rings. The molecule has 6 nitrogen and oxygen atoms in total. The summed E-state index contributed by atoms with van der Waals surface area (Å²) in [5, 5.41) is 8.47. The number of rotatable bonds is 5. The number of hydrogen-bond donors (Lipinski definition) is 1. The molecule has 1 aliphatic rings. The van der Waals surface area contributed by atoms with Gasteiger partial charge in [0.05, 0.1) is 7.11 Å². The van der Waals surface area contributed by atoms with Crippen molar-refractivity contribution in [1.29, 1.82) is 0 Å². The van der Waals surface area contributed by atoms with Crippen LogP contribution >= 0.6 is 0 Å². The summed E-state index contributed by atoms with van der Waals surface area (Å²) < 4.78 is 13.3. The number of nitrogens with zero attached hydrogens (tertiary/aromatic N) is 3. The predicted molar refractivity (Wildman–Crippen MR) is 78.2 cm³/mol. The first-order chi connectivity index (χ1) is 10.3. The summed E-state index contributed by atoms with van der Waals surface area (Å²) >= 11 is 0. The maximum absolute atomic E-state index is 5.90. The molecule has 0 atom stereocenters. The van der Waals surface area contributed by atoms with E-state index in [-0.39, 0.29) is 0 Å². The minimum absolute atomic E-state index is 0.396. The lowest BCUT2D eigenvalue weighted by atomic mass is 10.2. The zero-order chi connectivity index (χ0) is 14.7. The molecular formula is C15H20N4O2. The molecule has 0 spiro atoms. The molecule has 0 saturated heterocycles. The van der Waals surface area contributed by atoms with E-state index in [0.717, 1.165) is 41.7 Å². The summed E-state index contributed by atoms with van der Waals surface area (Å²) in [6, 6.07) is 5.66. The lowest BCUT2D eigenvalue weighted by molar-refractivity contribution is 0.281. The van der Waals surface area contributed by atoms with Crippen molar-refractivity contribution in [3.8, 4) is 11.5 Å². The van der Waals surface area contributed by atoms with Gasteiger partial charge in [0.1, 0.15) is 23.9 Å². The van der Waals surface area contributed by atoms with E-state index in [0.29, 0.717) is 13.2 Å². The molecule has 21 heavy (non-hydrogen) atoms. The quantitative estimate of drug-likeness (QED) is 0.905. The van der Waals surface area contributed by atoms with Gasteiger partial charge in [0, 0.05) is 31.1 Å². The van der Waals surface area contributed by atoms with Crippen LogP contribution in [0.4, 0.5) is 0 Å². The molecule has 0 bridgehead atoms. The molecule has 1 aromatic carbocycles. The van der Waals surface area contributed by atoms with Gasteiger partial charge >= 0.3 is 0 Å². The van der Waals surface area contributed by atoms with Gasteiger partial charge < -0.3 is 19.8 Å². The molecule has 2 N–H and O–H groups in total. The summed E-state index contributed by atoms with van der Waals surface area (Å²) in [6.07, 6.45) is 3.36. The van der Waals surface area contributed by atoms with Crippen LogP contribution in [0.2, 0.25) is 0 Å². The highest BCUT2D eigenvalue weighted by Gasteiger charge is 2.16. The van der Waals surface area contributed by atoms with E-state index in [9.17, 15) is 0 Å². The molecule has 3 rings (SSSR count). The second-order valence-electron chi connectivity index (χ2n) is 5.11. The van der Waals surface area contributed by atoms with Gasteiger partial charge in [-0.05, 0) is 18.9 Å². The lowest BCUT2D eigenvalue weighted by Crippen LogP contribution is -2.15. The highest BCUT2D eigenvalue weighted by Crippen LogP contribution is 2.25. The fourth-order valence-electron chi connectivity index (χ4n) is 2.58. The SMILES string of the molecule is COc1ccc(CN)c(OCc2nnc3n2CCCC3)c1. The number of fused-ring (bicyclic) bond motifs is 1. The van der Waals surface area contributed by atoms with Crippen LogP contribution in [0.15, 0.2) is 18.2 Å². The van der Waals surface area contributed by atoms with Crippen molar-refractivity contribution in [3.63, 3.8) is 0 Å². The molecule has 2 aromatic rings. The zero-order valence-electron chi connectivity index (χ0n) is 12.2. The molecule has 1 aliphatic heterocycles. The standard InChI is InChI=1S/C15H20N4O2/c1-20-12-6-5-11(9-16)13(8-12)21-10-15-18-17-14-4-2-3-7-19(14)15/h5-6,8H,2-4,7,9-10,16H2,1H3. The minimum atomic E-state index is 0.396. The average Bonchev–Trinajstić information content (AvgIpc) is 2.96. The summed E-state index contributed by atoms with van der Waals surface area (Å²) in [5.74, 6) is 3.43. The van der Waals surface area contributed by atoms with Crippen LogP contribution in [-0.4, -0.2) is 21.9 Å². The molecule has 6 heteroatoms. The Morgan fingerprint density at radius 2 is 2.19 bits per heavy atom. The van der Waals surface area contributed by atoms with Crippen molar-refractivity contribution >= 4 is 0 Å². The first kappa shape index (κ1) is 13.9. The lowest BCUT2D eigenvalue weighted by Gasteiger charge is -2.16. The van der Waals surface area contributed by atoms with Crippen molar-refractivity contribution in [2.75, 3.05) is 7.11 Å². The number of aryl methyl sites for hydroxylation is 1. The smallest absolute Gasteiger partial charge is 0.171 e. The van der Waals surface area contributed by atoms with Crippen LogP contribution in [-0.2, 0) is 26.1 Å². The molecule has 0 radical (unpaired) electrons. The first-order valence-electron chi connectivity index (χ1n) is 7.22. The largest absolute Gasteiger partial charge is 0.497 e. The third-order valence-corrected chi connectivity index (χ3v) is 3.79. The molecule has 0 unspecified atom stereocenters. The van der Waals surface area contributed by atoms with Gasteiger partial charge in [0.2, 0.25) is 0 Å². The normalized spacial score (nSPS) is 13.8. The van der Waals surface area contributed by atoms with Gasteiger partial charge in [-0.25, -0.2) is 0 Å². The van der Waals surface area contributed by atoms with Crippen molar-refractivity contribution < 1.29 is 9.47 Å². The number of benzene rings is 1. The highest BCUT2D eigenvalue weighted by molar-refractivity contribution is 5.40. The predicted octanol–water partition coefficient (Wildman–Crippen LogP) is 1.66. The van der Waals surface area contributed by atoms with Crippen molar-refractivity contribution in [1.82, 2.24) is 14.8 Å². The van der Waals surface area contributed by atoms with Gasteiger partial charge in [-0.15, -0.1) is 10.2 Å². The number of nitrogens with two attached hydrogens (primary N) is 1. The average molecular weight is 288 g/mol. The maximum atomic E-state index is 5.90. The Kier molecular flexibility index (Phi) is 4.06. The van der Waals surface area contributed by atoms with Crippen LogP contribution in [0.1, 0.15) is 30.1 Å². The molecule has 112 valence electrons. The Hall–Kier alpha value is -2.08. The van der Waals surface area contributed by atoms with E-state index >= 15 is 0 Å². The highest BCUT2D eigenvalue weighted by atomic mass is 16.5. The zero-order valence-corrected chi connectivity index (χ0v) is 12.2. The number of methoxy groups -OCH3 is 1. The summed E-state index contributed by atoms with van der Waals surface area (Å²) in [5.41, 5.74) is 6.70. The monoisotopic (exact) mass is 288 g/mol. The fourth-order valence-corrected chi connectivity index (χ4v) is 2.58. The van der Waals surface area contributed by atoms with Gasteiger partial charge in [-0.2, -0.15) is 0 Å². The van der Waals surface area contributed by atoms with E-state index in [2.05, 4.69) is 14.8 Å². The van der Waals surface area contributed by atoms with Crippen molar-refractivity contribution in [3.05, 3.63) is 35.4 Å². The van der Waals surface area contributed by atoms with Crippen LogP contribution < -0.4 is 15.2 Å². The van der Waals surface area contributed by atoms with Crippen LogP contribution in [0.3, 0.4) is 0 Å². The van der Waals surface area contributed by atoms with Gasteiger partial charge in [0.15, 0.2) is 5.82 Å². The molecule has 2 heterocycles. The van der Waals surface area contributed by atoms with Gasteiger partial charge in [-0.1, -0.05) is 6.07 Å². The Balaban J connectivity index is 1.77. The maximum Gasteiger partial charge on any atom is 0.171 e. The summed E-state index contributed by atoms with van der Waals surface area (Å²) in [4.78, 5) is 0. The van der Waals surface area contributed by atoms with E-state index in [4.69, 9.17) is 15.2 Å². The van der Waals surface area contributed by atoms with Gasteiger partial charge in [0.25, 0.3) is 0 Å². The molecule has 1 aromatic heterocycles. The minimum Gasteiger partial charge on any atom is -0.497 e. The van der Waals surface area contributed by atoms with Crippen LogP contribution in [0, 0.1) is 0 Å². The molecule has 0 amide bonds. The summed E-state index contributed by atoms with van der Waals surface area (Å²) in [7, 11) is 1.64. The Morgan fingerprint density at radius 1 is 1.29 bits per heavy atom. The second-order valence-corrected chi connectivity index (χ2v) is 5.11. The van der Waals surface area contributed by atoms with E-state index in [1.54, 1.807) is 7.11 Å². The molecular weight excluding hydrogens is 268 g/mol. The van der Waals surface area contributed by atoms with Crippen LogP contribution in [0.5, 0.6) is 11.5 Å². The van der Waals surface area contributed by atoms with E-state index in [1.165, 1.54) is 12.8 Å². The molecule has 0 saturated carbocycles. The second kappa shape index (κ2) is 6.13. The molecule has 0 aliphatic carbocycles. The summed E-state index contributed by atoms with van der Waals surface area (Å²) in [6.45, 7) is 1.80. The third kappa shape index (κ3) is 2.85. The van der Waals surface area contributed by atoms with E-state index in [1.807, 2.05) is 18.2 Å². The van der Waals surface area contributed by atoms with Crippen LogP contribution in [0.25, 0.3) is 0 Å². The first-order valence-corrected chi connectivity index (χ1v) is 7.22. The topological polar surface area (TPSA) is 75.2 Å².